The molecule has 0 aliphatic carbocycles. The first-order valence-electron chi connectivity index (χ1n) is 5.34. The van der Waals surface area contributed by atoms with Crippen LogP contribution >= 0.6 is 15.9 Å². The highest BCUT2D eigenvalue weighted by atomic mass is 79.9. The van der Waals surface area contributed by atoms with Crippen LogP contribution in [0.25, 0.3) is 5.65 Å². The first-order valence-corrected chi connectivity index (χ1v) is 6.13. The summed E-state index contributed by atoms with van der Waals surface area (Å²) in [5, 5.41) is 6.70. The molecule has 0 aliphatic heterocycles. The molecule has 0 atom stereocenters. The molecule has 0 saturated heterocycles. The molecular weight excluding hydrogens is 300 g/mol. The molecule has 0 fully saturated rings. The summed E-state index contributed by atoms with van der Waals surface area (Å²) in [6, 6.07) is 0. The van der Waals surface area contributed by atoms with Crippen LogP contribution in [0.4, 0.5) is 10.5 Å². The molecule has 2 aromatic rings. The van der Waals surface area contributed by atoms with Crippen molar-refractivity contribution in [1.29, 1.82) is 0 Å². The average Bonchev–Trinajstić information content (AvgIpc) is 2.57. The molecule has 96 valence electrons. The maximum atomic E-state index is 11.6. The highest BCUT2D eigenvalue weighted by molar-refractivity contribution is 9.10. The fourth-order valence-corrected chi connectivity index (χ4v) is 1.65. The van der Waals surface area contributed by atoms with Gasteiger partial charge in [-0.2, -0.15) is 5.10 Å². The first-order chi connectivity index (χ1) is 8.35. The van der Waals surface area contributed by atoms with Gasteiger partial charge in [-0.1, -0.05) is 0 Å². The monoisotopic (exact) mass is 312 g/mol. The molecule has 0 unspecified atom stereocenters. The molecule has 0 bridgehead atoms. The van der Waals surface area contributed by atoms with Crippen molar-refractivity contribution < 1.29 is 9.53 Å². The van der Waals surface area contributed by atoms with Crippen LogP contribution in [-0.2, 0) is 4.74 Å². The smallest absolute Gasteiger partial charge is 0.412 e. The number of nitrogens with zero attached hydrogens (tertiary/aromatic N) is 3. The largest absolute Gasteiger partial charge is 0.444 e. The second-order valence-corrected chi connectivity index (χ2v) is 5.64. The Morgan fingerprint density at radius 1 is 1.44 bits per heavy atom. The second-order valence-electron chi connectivity index (χ2n) is 4.73. The van der Waals surface area contributed by atoms with Crippen molar-refractivity contribution >= 4 is 33.4 Å². The summed E-state index contributed by atoms with van der Waals surface area (Å²) in [7, 11) is 0. The Bertz CT molecular complexity index is 588. The SMILES string of the molecule is CC(C)(C)OC(=O)Nc1cnn2cc(Br)cnc12. The van der Waals surface area contributed by atoms with Gasteiger partial charge < -0.3 is 4.74 Å². The van der Waals surface area contributed by atoms with Crippen molar-refractivity contribution in [3.8, 4) is 0 Å². The minimum Gasteiger partial charge on any atom is -0.444 e. The summed E-state index contributed by atoms with van der Waals surface area (Å²) in [6.07, 6.45) is 4.39. The number of aromatic nitrogens is 3. The number of hydrogen-bond acceptors (Lipinski definition) is 4. The van der Waals surface area contributed by atoms with Gasteiger partial charge in [0.1, 0.15) is 11.3 Å². The Morgan fingerprint density at radius 3 is 2.83 bits per heavy atom. The Hall–Kier alpha value is -1.63. The summed E-state index contributed by atoms with van der Waals surface area (Å²) in [4.78, 5) is 15.8. The lowest BCUT2D eigenvalue weighted by molar-refractivity contribution is 0.0636. The van der Waals surface area contributed by atoms with E-state index in [0.717, 1.165) is 4.47 Å². The highest BCUT2D eigenvalue weighted by Crippen LogP contribution is 2.17. The Balaban J connectivity index is 2.20. The molecule has 2 rings (SSSR count). The van der Waals surface area contributed by atoms with E-state index >= 15 is 0 Å². The molecule has 1 amide bonds. The van der Waals surface area contributed by atoms with Gasteiger partial charge in [0.2, 0.25) is 0 Å². The lowest BCUT2D eigenvalue weighted by Crippen LogP contribution is -2.27. The van der Waals surface area contributed by atoms with Gasteiger partial charge in [-0.05, 0) is 36.7 Å². The van der Waals surface area contributed by atoms with E-state index in [0.29, 0.717) is 11.3 Å². The predicted octanol–water partition coefficient (Wildman–Crippen LogP) is 2.84. The highest BCUT2D eigenvalue weighted by Gasteiger charge is 2.17. The zero-order chi connectivity index (χ0) is 13.3. The van der Waals surface area contributed by atoms with Crippen LogP contribution in [0.1, 0.15) is 20.8 Å². The molecule has 0 aromatic carbocycles. The molecule has 2 heterocycles. The summed E-state index contributed by atoms with van der Waals surface area (Å²) < 4.78 is 7.53. The zero-order valence-electron chi connectivity index (χ0n) is 10.3. The standard InChI is InChI=1S/C11H13BrN4O2/c1-11(2,3)18-10(17)15-8-5-14-16-6-7(12)4-13-9(8)16/h4-6H,1-3H3,(H,15,17). The van der Waals surface area contributed by atoms with Crippen molar-refractivity contribution in [2.45, 2.75) is 26.4 Å². The van der Waals surface area contributed by atoms with Crippen molar-refractivity contribution in [2.75, 3.05) is 5.32 Å². The van der Waals surface area contributed by atoms with Gasteiger partial charge in [-0.3, -0.25) is 5.32 Å². The number of nitrogens with one attached hydrogen (secondary N) is 1. The molecule has 1 N–H and O–H groups in total. The van der Waals surface area contributed by atoms with Gasteiger partial charge in [0.05, 0.1) is 10.7 Å². The van der Waals surface area contributed by atoms with E-state index < -0.39 is 11.7 Å². The number of rotatable bonds is 1. The third-order valence-corrected chi connectivity index (χ3v) is 2.37. The molecule has 6 nitrogen and oxygen atoms in total. The van der Waals surface area contributed by atoms with Crippen LogP contribution in [0, 0.1) is 0 Å². The first kappa shape index (κ1) is 12.8. The molecule has 0 radical (unpaired) electrons. The van der Waals surface area contributed by atoms with Gasteiger partial charge in [-0.25, -0.2) is 14.3 Å². The Morgan fingerprint density at radius 2 is 2.17 bits per heavy atom. The minimum atomic E-state index is -0.538. The number of anilines is 1. The van der Waals surface area contributed by atoms with Crippen LogP contribution in [0.5, 0.6) is 0 Å². The van der Waals surface area contributed by atoms with Crippen LogP contribution in [0.15, 0.2) is 23.1 Å². The number of amides is 1. The lowest BCUT2D eigenvalue weighted by atomic mass is 10.2. The molecule has 2 aromatic heterocycles. The summed E-state index contributed by atoms with van der Waals surface area (Å²) >= 11 is 3.30. The van der Waals surface area contributed by atoms with Crippen molar-refractivity contribution in [2.24, 2.45) is 0 Å². The van der Waals surface area contributed by atoms with E-state index in [1.54, 1.807) is 37.7 Å². The third kappa shape index (κ3) is 2.98. The number of halogens is 1. The van der Waals surface area contributed by atoms with E-state index in [-0.39, 0.29) is 0 Å². The normalized spacial score (nSPS) is 11.6. The predicted molar refractivity (Wildman–Crippen MR) is 70.5 cm³/mol. The second kappa shape index (κ2) is 4.56. The molecule has 7 heteroatoms. The van der Waals surface area contributed by atoms with Crippen LogP contribution in [-0.4, -0.2) is 26.3 Å². The van der Waals surface area contributed by atoms with E-state index in [2.05, 4.69) is 31.3 Å². The van der Waals surface area contributed by atoms with Crippen LogP contribution < -0.4 is 5.32 Å². The number of fused-ring (bicyclic) bond motifs is 1. The van der Waals surface area contributed by atoms with Gasteiger partial charge in [0.25, 0.3) is 0 Å². The molecule has 0 spiro atoms. The minimum absolute atomic E-state index is 0.511. The number of hydrogen-bond donors (Lipinski definition) is 1. The van der Waals surface area contributed by atoms with E-state index in [9.17, 15) is 4.79 Å². The fourth-order valence-electron chi connectivity index (χ4n) is 1.35. The third-order valence-electron chi connectivity index (χ3n) is 1.96. The van der Waals surface area contributed by atoms with E-state index in [4.69, 9.17) is 4.74 Å². The Kier molecular flexibility index (Phi) is 3.25. The van der Waals surface area contributed by atoms with Gasteiger partial charge in [0, 0.05) is 12.4 Å². The van der Waals surface area contributed by atoms with Gasteiger partial charge >= 0.3 is 6.09 Å². The summed E-state index contributed by atoms with van der Waals surface area (Å²) in [6.45, 7) is 5.41. The Labute approximate surface area is 112 Å². The average molecular weight is 313 g/mol. The number of carbonyl (C=O) groups excluding carboxylic acids is 1. The molecule has 0 saturated carbocycles. The maximum absolute atomic E-state index is 11.6. The van der Waals surface area contributed by atoms with Crippen molar-refractivity contribution in [1.82, 2.24) is 14.6 Å². The fraction of sp³-hybridized carbons (Fsp3) is 0.364. The van der Waals surface area contributed by atoms with E-state index in [1.165, 1.54) is 6.20 Å². The lowest BCUT2D eigenvalue weighted by Gasteiger charge is -2.19. The topological polar surface area (TPSA) is 68.5 Å². The molecule has 0 aliphatic rings. The number of carbonyl (C=O) groups is 1. The zero-order valence-corrected chi connectivity index (χ0v) is 11.9. The quantitative estimate of drug-likeness (QED) is 0.879. The van der Waals surface area contributed by atoms with Crippen molar-refractivity contribution in [3.05, 3.63) is 23.1 Å². The van der Waals surface area contributed by atoms with Crippen LogP contribution in [0.2, 0.25) is 0 Å². The summed E-state index contributed by atoms with van der Waals surface area (Å²) in [5.41, 5.74) is 0.532. The van der Waals surface area contributed by atoms with Gasteiger partial charge in [-0.15, -0.1) is 0 Å². The summed E-state index contributed by atoms with van der Waals surface area (Å²) in [5.74, 6) is 0. The molecule has 18 heavy (non-hydrogen) atoms. The van der Waals surface area contributed by atoms with Crippen molar-refractivity contribution in [3.63, 3.8) is 0 Å². The van der Waals surface area contributed by atoms with E-state index in [1.807, 2.05) is 0 Å². The molecular formula is C11H13BrN4O2. The maximum Gasteiger partial charge on any atom is 0.412 e. The number of ether oxygens (including phenoxy) is 1. The van der Waals surface area contributed by atoms with Gasteiger partial charge in [0.15, 0.2) is 5.65 Å². The van der Waals surface area contributed by atoms with Crippen LogP contribution in [0.3, 0.4) is 0 Å².